The molecule has 1 aliphatic rings. The van der Waals surface area contributed by atoms with Crippen LogP contribution in [0, 0.1) is 6.92 Å². The van der Waals surface area contributed by atoms with Crippen LogP contribution in [0.5, 0.6) is 0 Å². The predicted molar refractivity (Wildman–Crippen MR) is 119 cm³/mol. The van der Waals surface area contributed by atoms with Crippen LogP contribution in [0.4, 0.5) is 16.3 Å². The van der Waals surface area contributed by atoms with Crippen molar-refractivity contribution in [1.29, 1.82) is 0 Å². The van der Waals surface area contributed by atoms with Crippen molar-refractivity contribution in [2.24, 2.45) is 0 Å². The summed E-state index contributed by atoms with van der Waals surface area (Å²) in [6, 6.07) is 10.2. The van der Waals surface area contributed by atoms with E-state index < -0.39 is 8.07 Å². The highest BCUT2D eigenvalue weighted by molar-refractivity contribution is 6.88. The van der Waals surface area contributed by atoms with Gasteiger partial charge in [0.25, 0.3) is 0 Å². The average Bonchev–Trinajstić information content (AvgIpc) is 2.63. The van der Waals surface area contributed by atoms with Gasteiger partial charge >= 0.3 is 6.03 Å². The Labute approximate surface area is 172 Å². The molecular weight excluding hydrogens is 390 g/mol. The van der Waals surface area contributed by atoms with E-state index in [-0.39, 0.29) is 12.1 Å². The van der Waals surface area contributed by atoms with Gasteiger partial charge in [0.2, 0.25) is 0 Å². The molecule has 150 valence electrons. The van der Waals surface area contributed by atoms with Crippen LogP contribution in [0.15, 0.2) is 30.3 Å². The van der Waals surface area contributed by atoms with Gasteiger partial charge in [0.15, 0.2) is 11.0 Å². The number of amides is 2. The second-order valence-electron chi connectivity index (χ2n) is 8.42. The Bertz CT molecular complexity index is 853. The minimum atomic E-state index is -1.34. The molecule has 1 aromatic heterocycles. The first-order valence-corrected chi connectivity index (χ1v) is 13.5. The van der Waals surface area contributed by atoms with Crippen LogP contribution in [0.2, 0.25) is 24.8 Å². The number of halogens is 1. The highest BCUT2D eigenvalue weighted by Gasteiger charge is 2.28. The van der Waals surface area contributed by atoms with Gasteiger partial charge in [-0.05, 0) is 37.6 Å². The molecule has 1 N–H and O–H groups in total. The van der Waals surface area contributed by atoms with E-state index in [0.29, 0.717) is 24.8 Å². The second kappa shape index (κ2) is 8.09. The molecular formula is C20H28ClN5OSi. The summed E-state index contributed by atoms with van der Waals surface area (Å²) in [5, 5.41) is 13.0. The van der Waals surface area contributed by atoms with Gasteiger partial charge in [-0.25, -0.2) is 4.79 Å². The molecule has 1 aromatic carbocycles. The summed E-state index contributed by atoms with van der Waals surface area (Å²) in [6.07, 6.45) is 0. The van der Waals surface area contributed by atoms with E-state index in [4.69, 9.17) is 11.6 Å². The summed E-state index contributed by atoms with van der Waals surface area (Å²) in [7, 11) is -1.34. The third kappa shape index (κ3) is 4.64. The fourth-order valence-electron chi connectivity index (χ4n) is 3.33. The fourth-order valence-corrected chi connectivity index (χ4v) is 4.59. The summed E-state index contributed by atoms with van der Waals surface area (Å²) in [5.74, 6) is 0.802. The number of anilines is 2. The largest absolute Gasteiger partial charge is 0.351 e. The molecule has 2 amide bonds. The van der Waals surface area contributed by atoms with Crippen molar-refractivity contribution < 1.29 is 4.79 Å². The number of aryl methyl sites for hydroxylation is 1. The Morgan fingerprint density at radius 1 is 1.18 bits per heavy atom. The molecule has 0 radical (unpaired) electrons. The van der Waals surface area contributed by atoms with Crippen LogP contribution in [0.25, 0.3) is 0 Å². The van der Waals surface area contributed by atoms with Crippen molar-refractivity contribution in [1.82, 2.24) is 15.1 Å². The van der Waals surface area contributed by atoms with Crippen molar-refractivity contribution in [3.63, 3.8) is 0 Å². The van der Waals surface area contributed by atoms with E-state index in [9.17, 15) is 4.79 Å². The summed E-state index contributed by atoms with van der Waals surface area (Å²) in [5.41, 5.74) is 1.74. The molecule has 1 saturated heterocycles. The van der Waals surface area contributed by atoms with Crippen LogP contribution >= 0.6 is 11.6 Å². The van der Waals surface area contributed by atoms with Crippen molar-refractivity contribution in [2.75, 3.05) is 29.9 Å². The number of hydrogen-bond acceptors (Lipinski definition) is 4. The minimum absolute atomic E-state index is 0.0628. The number of nitrogens with zero attached hydrogens (tertiary/aromatic N) is 4. The number of carbonyl (C=O) groups is 1. The first kappa shape index (κ1) is 20.6. The van der Waals surface area contributed by atoms with Gasteiger partial charge in [-0.3, -0.25) is 0 Å². The molecule has 2 aromatic rings. The zero-order valence-electron chi connectivity index (χ0n) is 17.2. The summed E-state index contributed by atoms with van der Waals surface area (Å²) in [4.78, 5) is 16.8. The topological polar surface area (TPSA) is 61.4 Å². The van der Waals surface area contributed by atoms with Crippen molar-refractivity contribution in [3.05, 3.63) is 41.0 Å². The van der Waals surface area contributed by atoms with Gasteiger partial charge in [-0.1, -0.05) is 48.6 Å². The monoisotopic (exact) mass is 417 g/mol. The average molecular weight is 418 g/mol. The maximum absolute atomic E-state index is 12.8. The highest BCUT2D eigenvalue weighted by Crippen LogP contribution is 2.21. The molecule has 6 nitrogen and oxygen atoms in total. The predicted octanol–water partition coefficient (Wildman–Crippen LogP) is 3.73. The van der Waals surface area contributed by atoms with Crippen LogP contribution in [0.3, 0.4) is 0 Å². The summed E-state index contributed by atoms with van der Waals surface area (Å²) < 4.78 is 0. The second-order valence-corrected chi connectivity index (χ2v) is 13.9. The molecule has 1 fully saturated rings. The van der Waals surface area contributed by atoms with Crippen LogP contribution < -0.4 is 15.4 Å². The number of rotatable bonds is 3. The number of carbonyl (C=O) groups excluding carboxylic acids is 1. The van der Waals surface area contributed by atoms with E-state index in [1.165, 1.54) is 5.19 Å². The van der Waals surface area contributed by atoms with Crippen LogP contribution in [-0.4, -0.2) is 54.9 Å². The Balaban J connectivity index is 1.62. The van der Waals surface area contributed by atoms with E-state index in [1.807, 2.05) is 30.0 Å². The fraction of sp³-hybridized carbons (Fsp3) is 0.450. The molecule has 2 heterocycles. The highest BCUT2D eigenvalue weighted by atomic mass is 35.5. The van der Waals surface area contributed by atoms with Crippen LogP contribution in [-0.2, 0) is 0 Å². The normalized spacial score (nSPS) is 17.6. The molecule has 28 heavy (non-hydrogen) atoms. The minimum Gasteiger partial charge on any atom is -0.351 e. The van der Waals surface area contributed by atoms with Crippen molar-refractivity contribution in [3.8, 4) is 0 Å². The van der Waals surface area contributed by atoms with Gasteiger partial charge in [-0.2, -0.15) is 0 Å². The lowest BCUT2D eigenvalue weighted by Crippen LogP contribution is -2.55. The Hall–Kier alpha value is -2.12. The standard InChI is InChI=1S/C20H28ClN5OSi/c1-14-12-18(23-24-19(14)21)25-10-11-26(15(2)13-25)20(27)22-16-6-8-17(9-7-16)28(3,4)5/h6-9,12,15H,10-11,13H2,1-5H3,(H,22,27)/t15-/m1/s1. The molecule has 0 spiro atoms. The first-order valence-electron chi connectivity index (χ1n) is 9.58. The van der Waals surface area contributed by atoms with Gasteiger partial charge in [0.05, 0.1) is 8.07 Å². The third-order valence-electron chi connectivity index (χ3n) is 5.13. The number of aromatic nitrogens is 2. The zero-order valence-corrected chi connectivity index (χ0v) is 18.9. The number of nitrogens with one attached hydrogen (secondary N) is 1. The SMILES string of the molecule is Cc1cc(N2CCN(C(=O)Nc3ccc([Si](C)(C)C)cc3)[C@H](C)C2)nnc1Cl. The number of benzene rings is 1. The zero-order chi connectivity index (χ0) is 20.5. The molecule has 0 unspecified atom stereocenters. The molecule has 0 saturated carbocycles. The lowest BCUT2D eigenvalue weighted by atomic mass is 10.2. The molecule has 3 rings (SSSR count). The number of urea groups is 1. The van der Waals surface area contributed by atoms with E-state index >= 15 is 0 Å². The smallest absolute Gasteiger partial charge is 0.322 e. The lowest BCUT2D eigenvalue weighted by molar-refractivity contribution is 0.184. The Kier molecular flexibility index (Phi) is 5.95. The van der Waals surface area contributed by atoms with Gasteiger partial charge in [-0.15, -0.1) is 10.2 Å². The Morgan fingerprint density at radius 3 is 2.43 bits per heavy atom. The van der Waals surface area contributed by atoms with Crippen molar-refractivity contribution in [2.45, 2.75) is 39.5 Å². The van der Waals surface area contributed by atoms with E-state index in [0.717, 1.165) is 17.1 Å². The lowest BCUT2D eigenvalue weighted by Gasteiger charge is -2.40. The summed E-state index contributed by atoms with van der Waals surface area (Å²) in [6.45, 7) is 13.0. The molecule has 1 atom stereocenters. The Morgan fingerprint density at radius 2 is 1.86 bits per heavy atom. The number of hydrogen-bond donors (Lipinski definition) is 1. The van der Waals surface area contributed by atoms with Gasteiger partial charge < -0.3 is 15.1 Å². The molecule has 0 aliphatic carbocycles. The van der Waals surface area contributed by atoms with Crippen LogP contribution in [0.1, 0.15) is 12.5 Å². The van der Waals surface area contributed by atoms with E-state index in [2.05, 4.69) is 59.1 Å². The van der Waals surface area contributed by atoms with Gasteiger partial charge in [0, 0.05) is 31.4 Å². The molecule has 1 aliphatic heterocycles. The maximum atomic E-state index is 12.8. The first-order chi connectivity index (χ1) is 13.1. The van der Waals surface area contributed by atoms with Gasteiger partial charge in [0.1, 0.15) is 0 Å². The molecule has 8 heteroatoms. The number of piperazine rings is 1. The maximum Gasteiger partial charge on any atom is 0.322 e. The third-order valence-corrected chi connectivity index (χ3v) is 7.56. The molecule has 0 bridgehead atoms. The van der Waals surface area contributed by atoms with E-state index in [1.54, 1.807) is 0 Å². The quantitative estimate of drug-likeness (QED) is 0.773. The summed E-state index contributed by atoms with van der Waals surface area (Å²) >= 11 is 5.97. The van der Waals surface area contributed by atoms with Crippen molar-refractivity contribution >= 4 is 42.4 Å².